The molecule has 6 heteroatoms. The molecule has 23 heavy (non-hydrogen) atoms. The van der Waals surface area contributed by atoms with Crippen molar-refractivity contribution in [3.8, 4) is 16.3 Å². The normalized spacial score (nSPS) is 12.3. The van der Waals surface area contributed by atoms with Gasteiger partial charge in [-0.05, 0) is 29.1 Å². The lowest BCUT2D eigenvalue weighted by atomic mass is 10.1. The molecular formula is C17H18N2O2S2. The van der Waals surface area contributed by atoms with Crippen LogP contribution in [0.2, 0.25) is 0 Å². The van der Waals surface area contributed by atoms with Crippen molar-refractivity contribution in [2.45, 2.75) is 12.6 Å². The third-order valence-electron chi connectivity index (χ3n) is 3.52. The highest BCUT2D eigenvalue weighted by molar-refractivity contribution is 7.15. The quantitative estimate of drug-likeness (QED) is 0.685. The predicted octanol–water partition coefficient (Wildman–Crippen LogP) is 3.70. The van der Waals surface area contributed by atoms with Gasteiger partial charge in [0.2, 0.25) is 0 Å². The summed E-state index contributed by atoms with van der Waals surface area (Å²) in [4.78, 5) is 5.61. The van der Waals surface area contributed by atoms with Gasteiger partial charge in [0.05, 0.1) is 19.8 Å². The fourth-order valence-electron chi connectivity index (χ4n) is 2.28. The van der Waals surface area contributed by atoms with Crippen LogP contribution < -0.4 is 10.1 Å². The monoisotopic (exact) mass is 346 g/mol. The smallest absolute Gasteiger partial charge is 0.124 e. The number of thiophene rings is 1. The van der Waals surface area contributed by atoms with E-state index in [-0.39, 0.29) is 12.6 Å². The molecule has 0 spiro atoms. The molecule has 0 aliphatic carbocycles. The number of ether oxygens (including phenoxy) is 1. The number of benzene rings is 1. The third kappa shape index (κ3) is 3.97. The Kier molecular flexibility index (Phi) is 5.40. The Morgan fingerprint density at radius 2 is 2.26 bits per heavy atom. The molecule has 0 fully saturated rings. The lowest BCUT2D eigenvalue weighted by Gasteiger charge is -2.16. The van der Waals surface area contributed by atoms with Crippen LogP contribution in [0.1, 0.15) is 16.5 Å². The Balaban J connectivity index is 1.66. The topological polar surface area (TPSA) is 54.4 Å². The second-order valence-electron chi connectivity index (χ2n) is 5.04. The lowest BCUT2D eigenvalue weighted by molar-refractivity contribution is 0.243. The Morgan fingerprint density at radius 3 is 3.00 bits per heavy atom. The van der Waals surface area contributed by atoms with Crippen molar-refractivity contribution in [2.75, 3.05) is 13.7 Å². The summed E-state index contributed by atoms with van der Waals surface area (Å²) < 4.78 is 5.24. The molecule has 0 aliphatic heterocycles. The second kappa shape index (κ2) is 7.70. The van der Waals surface area contributed by atoms with Gasteiger partial charge in [0.1, 0.15) is 10.8 Å². The van der Waals surface area contributed by atoms with Gasteiger partial charge in [-0.1, -0.05) is 12.1 Å². The number of aliphatic hydroxyl groups excluding tert-OH is 1. The molecular weight excluding hydrogens is 328 g/mol. The van der Waals surface area contributed by atoms with E-state index >= 15 is 0 Å². The van der Waals surface area contributed by atoms with Gasteiger partial charge >= 0.3 is 0 Å². The number of nitrogens with one attached hydrogen (secondary N) is 1. The van der Waals surface area contributed by atoms with Crippen molar-refractivity contribution in [1.29, 1.82) is 0 Å². The zero-order valence-electron chi connectivity index (χ0n) is 12.7. The Labute approximate surface area is 143 Å². The van der Waals surface area contributed by atoms with Crippen LogP contribution in [0.3, 0.4) is 0 Å². The van der Waals surface area contributed by atoms with Gasteiger partial charge in [-0.15, -0.1) is 11.3 Å². The molecule has 1 atom stereocenters. The van der Waals surface area contributed by atoms with Crippen molar-refractivity contribution < 1.29 is 9.84 Å². The summed E-state index contributed by atoms with van der Waals surface area (Å²) in [6, 6.07) is 9.70. The number of hydrogen-bond donors (Lipinski definition) is 2. The minimum atomic E-state index is -0.128. The highest BCUT2D eigenvalue weighted by Crippen LogP contribution is 2.27. The summed E-state index contributed by atoms with van der Waals surface area (Å²) in [6.07, 6.45) is 1.89. The van der Waals surface area contributed by atoms with Crippen LogP contribution in [0.4, 0.5) is 0 Å². The van der Waals surface area contributed by atoms with Crippen LogP contribution in [0.25, 0.3) is 10.6 Å². The van der Waals surface area contributed by atoms with Crippen molar-refractivity contribution in [3.05, 3.63) is 57.7 Å². The van der Waals surface area contributed by atoms with Crippen molar-refractivity contribution in [3.63, 3.8) is 0 Å². The van der Waals surface area contributed by atoms with E-state index in [1.54, 1.807) is 29.8 Å². The number of hydrogen-bond acceptors (Lipinski definition) is 6. The summed E-state index contributed by atoms with van der Waals surface area (Å²) in [6.45, 7) is 0.702. The first-order valence-electron chi connectivity index (χ1n) is 7.25. The standard InChI is InChI=1S/C17H18N2O2S2/c1-21-14-4-2-3-12(7-14)16(10-20)18-8-15-9-19-17(23-15)13-5-6-22-11-13/h2-7,9,11,16,18,20H,8,10H2,1H3. The first-order chi connectivity index (χ1) is 11.3. The number of nitrogens with zero attached hydrogens (tertiary/aromatic N) is 1. The molecule has 0 radical (unpaired) electrons. The highest BCUT2D eigenvalue weighted by Gasteiger charge is 2.12. The molecule has 4 nitrogen and oxygen atoms in total. The van der Waals surface area contributed by atoms with E-state index in [4.69, 9.17) is 4.74 Å². The fourth-order valence-corrected chi connectivity index (χ4v) is 3.85. The van der Waals surface area contributed by atoms with Crippen LogP contribution in [-0.4, -0.2) is 23.8 Å². The molecule has 0 amide bonds. The number of aromatic nitrogens is 1. The molecule has 120 valence electrons. The molecule has 1 aromatic carbocycles. The maximum atomic E-state index is 9.66. The van der Waals surface area contributed by atoms with E-state index in [1.807, 2.05) is 30.5 Å². The van der Waals surface area contributed by atoms with Crippen molar-refractivity contribution >= 4 is 22.7 Å². The predicted molar refractivity (Wildman–Crippen MR) is 95.1 cm³/mol. The van der Waals surface area contributed by atoms with E-state index in [0.29, 0.717) is 6.54 Å². The average Bonchev–Trinajstić information content (AvgIpc) is 3.27. The molecule has 0 aliphatic rings. The molecule has 0 saturated carbocycles. The minimum absolute atomic E-state index is 0.0311. The lowest BCUT2D eigenvalue weighted by Crippen LogP contribution is -2.23. The van der Waals surface area contributed by atoms with E-state index in [0.717, 1.165) is 26.8 Å². The molecule has 2 aromatic heterocycles. The summed E-state index contributed by atoms with van der Waals surface area (Å²) >= 11 is 3.35. The third-order valence-corrected chi connectivity index (χ3v) is 5.25. The van der Waals surface area contributed by atoms with Gasteiger partial charge in [0, 0.05) is 28.6 Å². The van der Waals surface area contributed by atoms with E-state index in [9.17, 15) is 5.11 Å². The number of methoxy groups -OCH3 is 1. The molecule has 3 rings (SSSR count). The number of rotatable bonds is 7. The van der Waals surface area contributed by atoms with Gasteiger partial charge in [0.15, 0.2) is 0 Å². The maximum Gasteiger partial charge on any atom is 0.124 e. The van der Waals surface area contributed by atoms with Crippen LogP contribution in [0.15, 0.2) is 47.3 Å². The summed E-state index contributed by atoms with van der Waals surface area (Å²) in [5.41, 5.74) is 2.17. The average molecular weight is 346 g/mol. The largest absolute Gasteiger partial charge is 0.497 e. The Hall–Kier alpha value is -1.73. The van der Waals surface area contributed by atoms with Crippen molar-refractivity contribution in [1.82, 2.24) is 10.3 Å². The first-order valence-corrected chi connectivity index (χ1v) is 9.01. The van der Waals surface area contributed by atoms with E-state index < -0.39 is 0 Å². The second-order valence-corrected chi connectivity index (χ2v) is 6.93. The summed E-state index contributed by atoms with van der Waals surface area (Å²) in [5, 5.41) is 18.2. The molecule has 0 bridgehead atoms. The first kappa shape index (κ1) is 16.1. The van der Waals surface area contributed by atoms with Gasteiger partial charge in [-0.3, -0.25) is 0 Å². The van der Waals surface area contributed by atoms with Crippen LogP contribution in [-0.2, 0) is 6.54 Å². The Bertz CT molecular complexity index is 741. The van der Waals surface area contributed by atoms with Gasteiger partial charge < -0.3 is 15.2 Å². The zero-order valence-corrected chi connectivity index (χ0v) is 14.4. The number of aliphatic hydroxyl groups is 1. The Morgan fingerprint density at radius 1 is 1.35 bits per heavy atom. The van der Waals surface area contributed by atoms with Crippen LogP contribution >= 0.6 is 22.7 Å². The van der Waals surface area contributed by atoms with E-state index in [2.05, 4.69) is 27.1 Å². The van der Waals surface area contributed by atoms with Crippen LogP contribution in [0.5, 0.6) is 5.75 Å². The van der Waals surface area contributed by atoms with Crippen molar-refractivity contribution in [2.24, 2.45) is 0 Å². The minimum Gasteiger partial charge on any atom is -0.497 e. The van der Waals surface area contributed by atoms with E-state index in [1.165, 1.54) is 0 Å². The molecule has 0 saturated heterocycles. The SMILES string of the molecule is COc1cccc(C(CO)NCc2cnc(-c3ccsc3)s2)c1. The molecule has 2 heterocycles. The molecule has 1 unspecified atom stereocenters. The van der Waals surface area contributed by atoms with Gasteiger partial charge in [-0.25, -0.2) is 4.98 Å². The summed E-state index contributed by atoms with van der Waals surface area (Å²) in [5.74, 6) is 0.792. The zero-order chi connectivity index (χ0) is 16.1. The van der Waals surface area contributed by atoms with Crippen LogP contribution in [0, 0.1) is 0 Å². The summed E-state index contributed by atoms with van der Waals surface area (Å²) in [7, 11) is 1.64. The molecule has 2 N–H and O–H groups in total. The highest BCUT2D eigenvalue weighted by atomic mass is 32.1. The molecule has 3 aromatic rings. The number of thiazole rings is 1. The fraction of sp³-hybridized carbons (Fsp3) is 0.235. The van der Waals surface area contributed by atoms with Gasteiger partial charge in [0.25, 0.3) is 0 Å². The maximum absolute atomic E-state index is 9.66. The van der Waals surface area contributed by atoms with Gasteiger partial charge in [-0.2, -0.15) is 11.3 Å².